The van der Waals surface area contributed by atoms with E-state index in [1.54, 1.807) is 7.11 Å². The zero-order valence-corrected chi connectivity index (χ0v) is 49.7. The van der Waals surface area contributed by atoms with Crippen LogP contribution < -0.4 is 0 Å². The van der Waals surface area contributed by atoms with Gasteiger partial charge in [0.25, 0.3) is 0 Å². The maximum atomic E-state index is 12.6. The van der Waals surface area contributed by atoms with Crippen molar-refractivity contribution < 1.29 is 52.0 Å². The van der Waals surface area contributed by atoms with E-state index < -0.39 is 15.2 Å². The molecule has 23 atom stereocenters. The van der Waals surface area contributed by atoms with Crippen molar-refractivity contribution in [2.24, 2.45) is 105 Å². The molecular formula is C59H108O11P2. The van der Waals surface area contributed by atoms with Crippen molar-refractivity contribution in [1.82, 2.24) is 0 Å². The molecule has 11 nitrogen and oxygen atoms in total. The first-order chi connectivity index (χ1) is 34.1. The van der Waals surface area contributed by atoms with E-state index in [2.05, 4.69) is 62.3 Å². The molecule has 8 saturated carbocycles. The molecule has 8 aliphatic carbocycles. The number of methoxy groups -OCH3 is 1. The molecule has 0 aromatic carbocycles. The van der Waals surface area contributed by atoms with Gasteiger partial charge in [0, 0.05) is 41.2 Å². The Balaban J connectivity index is 0.000000214. The summed E-state index contributed by atoms with van der Waals surface area (Å²) in [7, 11) is -0.269. The van der Waals surface area contributed by atoms with Crippen molar-refractivity contribution in [2.45, 2.75) is 215 Å². The average molecular weight is 1060 g/mol. The minimum Gasteiger partial charge on any atom is -0.393 e. The molecular weight excluding hydrogens is 947 g/mol. The SMILES string of the molecule is CCO[C@@H]1CC[C@]2(C)C3CC[C@@]4(C)C(CC[C@@H]4[C@H](C)CCCP(=O)(OC)OC)C3[C@H](OCOC)[C@H](CC)[C@@H]2C1.CC[C@H]1[C@@H](O)C2C3CC[C@H]([C@H](C)CCCP(=O)(O)OC)[C@@]3(C)CCC2[C@@]2(C)CC[C@@H](O)C[C@@H]12. The lowest BCUT2D eigenvalue weighted by atomic mass is 9.41. The molecule has 0 aromatic rings. The summed E-state index contributed by atoms with van der Waals surface area (Å²) in [4.78, 5) is 9.77. The van der Waals surface area contributed by atoms with Crippen molar-refractivity contribution in [2.75, 3.05) is 54.2 Å². The van der Waals surface area contributed by atoms with E-state index >= 15 is 0 Å². The lowest BCUT2D eigenvalue weighted by Crippen LogP contribution is -2.62. The van der Waals surface area contributed by atoms with Crippen molar-refractivity contribution in [1.29, 1.82) is 0 Å². The molecule has 0 aliphatic heterocycles. The normalized spacial score (nSPS) is 46.2. The predicted molar refractivity (Wildman–Crippen MR) is 289 cm³/mol. The van der Waals surface area contributed by atoms with Crippen LogP contribution in [-0.2, 0) is 36.9 Å². The van der Waals surface area contributed by atoms with Gasteiger partial charge in [0.15, 0.2) is 0 Å². The minimum atomic E-state index is -3.42. The number of hydrogen-bond donors (Lipinski definition) is 3. The fraction of sp³-hybridized carbons (Fsp3) is 1.00. The lowest BCUT2D eigenvalue weighted by Gasteiger charge is -2.65. The highest BCUT2D eigenvalue weighted by atomic mass is 31.2. The molecule has 420 valence electrons. The first kappa shape index (κ1) is 59.8. The van der Waals surface area contributed by atoms with Gasteiger partial charge in [-0.05, 0) is 227 Å². The number of fused-ring (bicyclic) bond motifs is 10. The molecule has 0 saturated heterocycles. The van der Waals surface area contributed by atoms with Crippen molar-refractivity contribution in [3.05, 3.63) is 0 Å². The second-order valence-electron chi connectivity index (χ2n) is 26.7. The Kier molecular flexibility index (Phi) is 20.1. The largest absolute Gasteiger partial charge is 0.393 e. The predicted octanol–water partition coefficient (Wildman–Crippen LogP) is 14.0. The third-order valence-corrected chi connectivity index (χ3v) is 27.5. The Labute approximate surface area is 439 Å². The summed E-state index contributed by atoms with van der Waals surface area (Å²) in [6.07, 6.45) is 23.5. The van der Waals surface area contributed by atoms with Crippen LogP contribution in [0.15, 0.2) is 0 Å². The van der Waals surface area contributed by atoms with Gasteiger partial charge in [0.1, 0.15) is 6.79 Å². The van der Waals surface area contributed by atoms with Crippen LogP contribution >= 0.6 is 15.2 Å². The summed E-state index contributed by atoms with van der Waals surface area (Å²) in [5.41, 5.74) is 1.21. The fourth-order valence-electron chi connectivity index (χ4n) is 20.6. The van der Waals surface area contributed by atoms with E-state index in [0.717, 1.165) is 63.9 Å². The maximum absolute atomic E-state index is 12.6. The van der Waals surface area contributed by atoms with Gasteiger partial charge in [-0.2, -0.15) is 0 Å². The second kappa shape index (κ2) is 24.2. The van der Waals surface area contributed by atoms with Crippen molar-refractivity contribution >= 4 is 15.2 Å². The molecule has 0 heterocycles. The van der Waals surface area contributed by atoms with Crippen LogP contribution in [0.4, 0.5) is 0 Å². The first-order valence-electron chi connectivity index (χ1n) is 29.8. The second-order valence-corrected chi connectivity index (χ2v) is 31.2. The summed E-state index contributed by atoms with van der Waals surface area (Å²) < 4.78 is 58.2. The van der Waals surface area contributed by atoms with Crippen LogP contribution in [0, 0.1) is 105 Å². The Morgan fingerprint density at radius 1 is 0.569 bits per heavy atom. The number of hydrogen-bond acceptors (Lipinski definition) is 10. The number of ether oxygens (including phenoxy) is 3. The summed E-state index contributed by atoms with van der Waals surface area (Å²) in [6.45, 7) is 23.0. The Morgan fingerprint density at radius 2 is 1.07 bits per heavy atom. The summed E-state index contributed by atoms with van der Waals surface area (Å²) in [5.74, 6) is 7.96. The molecule has 13 heteroatoms. The van der Waals surface area contributed by atoms with Crippen molar-refractivity contribution in [3.8, 4) is 0 Å². The molecule has 0 aromatic heterocycles. The van der Waals surface area contributed by atoms with Gasteiger partial charge in [0.2, 0.25) is 0 Å². The standard InChI is InChI=1S/C32H59O6P.C27H49O5P/c1-9-24-28-20-23(37-10-2)15-17-32(28,5)27-16-18-31(4)25(22(3)12-11-19-39(33,35-7)36-8)13-14-26(31)29(27)30(24)38-21-34-6;1-6-19-23-16-18(28)11-13-27(23,4)22-12-14-26(3)20(9-10-21(26)24(22)25(19)29)17(2)8-7-15-33(30,31)32-5/h22-30H,9-21H2,1-8H3;17-25,28-29H,6-16H2,1-5H3,(H,30,31)/t22-,23-,24-,25-,26?,27?,28+,29?,30-,31-,32-;17-,18-,19-,20-,21?,22?,23+,24?,25-,26-,27-/m11/s1. The van der Waals surface area contributed by atoms with Crippen LogP contribution in [0.2, 0.25) is 0 Å². The zero-order chi connectivity index (χ0) is 52.6. The van der Waals surface area contributed by atoms with E-state index in [1.165, 1.54) is 98.4 Å². The van der Waals surface area contributed by atoms with Gasteiger partial charge in [-0.25, -0.2) is 0 Å². The summed E-state index contributed by atoms with van der Waals surface area (Å²) in [5, 5.41) is 22.3. The van der Waals surface area contributed by atoms with E-state index in [0.29, 0.717) is 107 Å². The van der Waals surface area contributed by atoms with Gasteiger partial charge < -0.3 is 42.9 Å². The fourth-order valence-corrected chi connectivity index (χ4v) is 22.4. The summed E-state index contributed by atoms with van der Waals surface area (Å²) >= 11 is 0. The molecule has 0 amide bonds. The zero-order valence-electron chi connectivity index (χ0n) is 47.9. The first-order valence-corrected chi connectivity index (χ1v) is 33.3. The van der Waals surface area contributed by atoms with E-state index in [4.69, 9.17) is 27.8 Å². The number of aliphatic hydroxyl groups is 2. The Bertz CT molecular complexity index is 1830. The third-order valence-electron chi connectivity index (χ3n) is 24.1. The molecule has 0 spiro atoms. The minimum absolute atomic E-state index is 0.196. The third kappa shape index (κ3) is 11.3. The molecule has 72 heavy (non-hydrogen) atoms. The quantitative estimate of drug-likeness (QED) is 0.0790. The number of aliphatic hydroxyl groups excluding tert-OH is 2. The maximum Gasteiger partial charge on any atom is 0.330 e. The highest BCUT2D eigenvalue weighted by molar-refractivity contribution is 7.53. The highest BCUT2D eigenvalue weighted by Crippen LogP contribution is 2.72. The molecule has 0 radical (unpaired) electrons. The Morgan fingerprint density at radius 3 is 1.60 bits per heavy atom. The smallest absolute Gasteiger partial charge is 0.330 e. The van der Waals surface area contributed by atoms with Gasteiger partial charge in [-0.15, -0.1) is 0 Å². The topological polar surface area (TPSA) is 150 Å². The summed E-state index contributed by atoms with van der Waals surface area (Å²) in [6, 6.07) is 0. The molecule has 8 aliphatic rings. The number of rotatable bonds is 20. The van der Waals surface area contributed by atoms with Crippen molar-refractivity contribution in [3.63, 3.8) is 0 Å². The van der Waals surface area contributed by atoms with Gasteiger partial charge in [-0.1, -0.05) is 68.2 Å². The van der Waals surface area contributed by atoms with Gasteiger partial charge in [-0.3, -0.25) is 9.13 Å². The van der Waals surface area contributed by atoms with Crippen LogP contribution in [0.25, 0.3) is 0 Å². The van der Waals surface area contributed by atoms with E-state index in [-0.39, 0.29) is 35.3 Å². The van der Waals surface area contributed by atoms with E-state index in [1.807, 2.05) is 0 Å². The monoisotopic (exact) mass is 1050 g/mol. The van der Waals surface area contributed by atoms with Crippen LogP contribution in [0.3, 0.4) is 0 Å². The van der Waals surface area contributed by atoms with Crippen LogP contribution in [0.5, 0.6) is 0 Å². The van der Waals surface area contributed by atoms with Gasteiger partial charge >= 0.3 is 15.2 Å². The lowest BCUT2D eigenvalue weighted by molar-refractivity contribution is -0.236. The Hall–Kier alpha value is 0.1000. The van der Waals surface area contributed by atoms with Crippen LogP contribution in [-0.4, -0.2) is 93.7 Å². The highest BCUT2D eigenvalue weighted by Gasteiger charge is 2.67. The molecule has 8 rings (SSSR count). The molecule has 8 fully saturated rings. The molecule has 0 bridgehead atoms. The molecule has 7 unspecified atom stereocenters. The van der Waals surface area contributed by atoms with Crippen LogP contribution in [0.1, 0.15) is 191 Å². The average Bonchev–Trinajstić information content (AvgIpc) is 3.91. The molecule has 3 N–H and O–H groups in total. The van der Waals surface area contributed by atoms with E-state index in [9.17, 15) is 24.2 Å². The van der Waals surface area contributed by atoms with Gasteiger partial charge in [0.05, 0.1) is 30.6 Å².